The van der Waals surface area contributed by atoms with Gasteiger partial charge in [-0.15, -0.1) is 11.3 Å². The predicted octanol–water partition coefficient (Wildman–Crippen LogP) is -2.35. The van der Waals surface area contributed by atoms with Crippen molar-refractivity contribution in [2.75, 3.05) is 19.3 Å². The van der Waals surface area contributed by atoms with Crippen molar-refractivity contribution in [1.82, 2.24) is 10.3 Å². The zero-order chi connectivity index (χ0) is 13.8. The zero-order valence-corrected chi connectivity index (χ0v) is 10.2. The van der Waals surface area contributed by atoms with Crippen molar-refractivity contribution >= 4 is 34.8 Å². The average molecular weight is 275 g/mol. The molecule has 9 nitrogen and oxygen atoms in total. The molecule has 1 amide bonds. The fourth-order valence-corrected chi connectivity index (χ4v) is 1.55. The quantitative estimate of drug-likeness (QED) is 0.229. The summed E-state index contributed by atoms with van der Waals surface area (Å²) in [5, 5.41) is 33.4. The maximum atomic E-state index is 11.7. The van der Waals surface area contributed by atoms with E-state index in [1.165, 1.54) is 12.5 Å². The molecule has 0 saturated carbocycles. The number of nitrogens with zero attached hydrogens (tertiary/aromatic N) is 2. The second-order valence-corrected chi connectivity index (χ2v) is 4.19. The van der Waals surface area contributed by atoms with E-state index in [9.17, 15) is 4.79 Å². The van der Waals surface area contributed by atoms with Gasteiger partial charge in [0.15, 0.2) is 10.8 Å². The Hall–Kier alpha value is -1.69. The Morgan fingerprint density at radius 1 is 1.67 bits per heavy atom. The average Bonchev–Trinajstić information content (AvgIpc) is 2.68. The molecule has 0 aliphatic carbocycles. The van der Waals surface area contributed by atoms with Crippen LogP contribution in [-0.4, -0.2) is 52.0 Å². The SMILES string of the molecule is CO/N=C(\C(=O)NC[B-](O)(O)O)c1csc(N)n1. The monoisotopic (exact) mass is 275 g/mol. The molecule has 1 aromatic rings. The number of thiazole rings is 1. The third-order valence-corrected chi connectivity index (χ3v) is 2.37. The number of aromatic nitrogens is 1. The molecule has 0 aliphatic heterocycles. The standard InChI is InChI=1S/C7H12BN4O5S/c1-17-12-5(4-2-18-7(9)11-4)6(13)10-3-8(14,15)16/h2,14-16H,3H2,1H3,(H2,9,11)(H,10,13)/q-1/b12-5-. The van der Waals surface area contributed by atoms with Gasteiger partial charge in [-0.1, -0.05) is 5.16 Å². The van der Waals surface area contributed by atoms with Crippen molar-refractivity contribution in [1.29, 1.82) is 0 Å². The van der Waals surface area contributed by atoms with Gasteiger partial charge in [0, 0.05) is 5.38 Å². The number of nitrogens with one attached hydrogen (secondary N) is 1. The first-order chi connectivity index (χ1) is 8.33. The number of carbonyl (C=O) groups excluding carboxylic acids is 1. The van der Waals surface area contributed by atoms with Gasteiger partial charge < -0.3 is 31.0 Å². The van der Waals surface area contributed by atoms with Crippen LogP contribution in [0.3, 0.4) is 0 Å². The minimum Gasteiger partial charge on any atom is -0.559 e. The summed E-state index contributed by atoms with van der Waals surface area (Å²) in [6, 6.07) is 0. The number of hydrogen-bond donors (Lipinski definition) is 5. The molecule has 0 radical (unpaired) electrons. The third-order valence-electron chi connectivity index (χ3n) is 1.70. The predicted molar refractivity (Wildman–Crippen MR) is 65.5 cm³/mol. The lowest BCUT2D eigenvalue weighted by Gasteiger charge is -2.20. The molecule has 0 aromatic carbocycles. The van der Waals surface area contributed by atoms with Crippen LogP contribution >= 0.6 is 11.3 Å². The van der Waals surface area contributed by atoms with Crippen molar-refractivity contribution in [3.05, 3.63) is 11.1 Å². The topological polar surface area (TPSA) is 150 Å². The van der Waals surface area contributed by atoms with E-state index in [0.717, 1.165) is 11.3 Å². The molecule has 0 saturated heterocycles. The minimum atomic E-state index is -3.61. The summed E-state index contributed by atoms with van der Waals surface area (Å²) in [5.74, 6) is -0.787. The highest BCUT2D eigenvalue weighted by atomic mass is 32.1. The van der Waals surface area contributed by atoms with Gasteiger partial charge in [-0.3, -0.25) is 4.79 Å². The van der Waals surface area contributed by atoms with Gasteiger partial charge in [-0.2, -0.15) is 0 Å². The van der Waals surface area contributed by atoms with Gasteiger partial charge in [-0.05, 0) is 6.44 Å². The first-order valence-corrected chi connectivity index (χ1v) is 5.65. The van der Waals surface area contributed by atoms with E-state index in [0.29, 0.717) is 0 Å². The lowest BCUT2D eigenvalue weighted by atomic mass is 9.81. The van der Waals surface area contributed by atoms with Crippen molar-refractivity contribution in [2.24, 2.45) is 5.16 Å². The number of amides is 1. The minimum absolute atomic E-state index is 0.184. The van der Waals surface area contributed by atoms with E-state index >= 15 is 0 Å². The molecular weight excluding hydrogens is 263 g/mol. The molecule has 18 heavy (non-hydrogen) atoms. The number of anilines is 1. The summed E-state index contributed by atoms with van der Waals surface area (Å²) in [6.45, 7) is -3.61. The lowest BCUT2D eigenvalue weighted by molar-refractivity contribution is -0.114. The fraction of sp³-hybridized carbons (Fsp3) is 0.286. The fourth-order valence-electron chi connectivity index (χ4n) is 1.01. The summed E-state index contributed by atoms with van der Waals surface area (Å²) < 4.78 is 0. The Morgan fingerprint density at radius 3 is 2.78 bits per heavy atom. The first kappa shape index (κ1) is 14.4. The van der Waals surface area contributed by atoms with Crippen LogP contribution in [0.2, 0.25) is 0 Å². The van der Waals surface area contributed by atoms with Gasteiger partial charge in [0.05, 0.1) is 0 Å². The highest BCUT2D eigenvalue weighted by molar-refractivity contribution is 7.13. The summed E-state index contributed by atoms with van der Waals surface area (Å²) >= 11 is 1.11. The second kappa shape index (κ2) is 5.77. The van der Waals surface area contributed by atoms with Crippen LogP contribution in [0.5, 0.6) is 0 Å². The lowest BCUT2D eigenvalue weighted by Crippen LogP contribution is -2.49. The highest BCUT2D eigenvalue weighted by Gasteiger charge is 2.22. The number of oxime groups is 1. The van der Waals surface area contributed by atoms with Crippen LogP contribution < -0.4 is 11.1 Å². The summed E-state index contributed by atoms with van der Waals surface area (Å²) in [5.41, 5.74) is 5.41. The second-order valence-electron chi connectivity index (χ2n) is 3.30. The van der Waals surface area contributed by atoms with E-state index in [4.69, 9.17) is 20.8 Å². The molecule has 0 unspecified atom stereocenters. The first-order valence-electron chi connectivity index (χ1n) is 4.77. The Morgan fingerprint density at radius 2 is 2.33 bits per heavy atom. The van der Waals surface area contributed by atoms with Crippen molar-refractivity contribution in [2.45, 2.75) is 0 Å². The molecule has 0 bridgehead atoms. The van der Waals surface area contributed by atoms with Crippen molar-refractivity contribution < 1.29 is 24.7 Å². The van der Waals surface area contributed by atoms with E-state index in [1.54, 1.807) is 0 Å². The number of carbonyl (C=O) groups is 1. The molecule has 0 atom stereocenters. The van der Waals surface area contributed by atoms with E-state index < -0.39 is 19.1 Å². The maximum Gasteiger partial charge on any atom is 0.390 e. The normalized spacial score (nSPS) is 12.3. The molecule has 1 rings (SSSR count). The Balaban J connectivity index is 2.81. The summed E-state index contributed by atoms with van der Waals surface area (Å²) in [7, 11) is 1.24. The summed E-state index contributed by atoms with van der Waals surface area (Å²) in [4.78, 5) is 20.0. The van der Waals surface area contributed by atoms with E-state index in [1.807, 2.05) is 0 Å². The van der Waals surface area contributed by atoms with E-state index in [-0.39, 0.29) is 16.5 Å². The van der Waals surface area contributed by atoms with Crippen molar-refractivity contribution in [3.63, 3.8) is 0 Å². The molecule has 0 aliphatic rings. The number of rotatable bonds is 5. The van der Waals surface area contributed by atoms with Gasteiger partial charge in [-0.25, -0.2) is 4.98 Å². The van der Waals surface area contributed by atoms with Gasteiger partial charge in [0.2, 0.25) is 0 Å². The maximum absolute atomic E-state index is 11.7. The highest BCUT2D eigenvalue weighted by Crippen LogP contribution is 2.12. The number of hydrogen-bond acceptors (Lipinski definition) is 9. The van der Waals surface area contributed by atoms with Gasteiger partial charge in [0.1, 0.15) is 12.8 Å². The van der Waals surface area contributed by atoms with Crippen LogP contribution in [0.15, 0.2) is 10.5 Å². The van der Waals surface area contributed by atoms with Crippen LogP contribution in [0.1, 0.15) is 5.69 Å². The summed E-state index contributed by atoms with van der Waals surface area (Å²) in [6.07, 6.45) is -0.735. The Kier molecular flexibility index (Phi) is 4.61. The molecule has 100 valence electrons. The van der Waals surface area contributed by atoms with E-state index in [2.05, 4.69) is 20.3 Å². The van der Waals surface area contributed by atoms with Crippen molar-refractivity contribution in [3.8, 4) is 0 Å². The molecule has 0 fully saturated rings. The Labute approximate surface area is 106 Å². The number of nitrogen functional groups attached to an aromatic ring is 1. The molecule has 0 spiro atoms. The van der Waals surface area contributed by atoms with Crippen LogP contribution in [0.25, 0.3) is 0 Å². The molecule has 6 N–H and O–H groups in total. The van der Waals surface area contributed by atoms with Gasteiger partial charge in [0.25, 0.3) is 5.91 Å². The molecule has 1 aromatic heterocycles. The Bertz CT molecular complexity index is 457. The van der Waals surface area contributed by atoms with Crippen LogP contribution in [-0.2, 0) is 9.63 Å². The molecular formula is C7H12BN4O5S-. The van der Waals surface area contributed by atoms with Crippen LogP contribution in [0, 0.1) is 0 Å². The zero-order valence-electron chi connectivity index (χ0n) is 9.40. The number of nitrogens with two attached hydrogens (primary N) is 1. The largest absolute Gasteiger partial charge is 0.559 e. The molecule has 1 heterocycles. The smallest absolute Gasteiger partial charge is 0.390 e. The van der Waals surface area contributed by atoms with Gasteiger partial charge >= 0.3 is 6.75 Å². The molecule has 11 heteroatoms. The van der Waals surface area contributed by atoms with Crippen LogP contribution in [0.4, 0.5) is 5.13 Å². The third kappa shape index (κ3) is 4.29.